The van der Waals surface area contributed by atoms with Crippen molar-refractivity contribution in [3.05, 3.63) is 0 Å². The maximum Gasteiger partial charge on any atom is 0.214 e. The van der Waals surface area contributed by atoms with Gasteiger partial charge in [-0.15, -0.1) is 11.6 Å². The van der Waals surface area contributed by atoms with Crippen molar-refractivity contribution >= 4 is 21.6 Å². The van der Waals surface area contributed by atoms with Crippen LogP contribution in [0, 0.1) is 5.92 Å². The number of halogens is 1. The Morgan fingerprint density at radius 2 is 1.81 bits per heavy atom. The molecule has 0 N–H and O–H groups in total. The van der Waals surface area contributed by atoms with Crippen LogP contribution in [-0.4, -0.2) is 37.4 Å². The maximum absolute atomic E-state index is 11.9. The summed E-state index contributed by atoms with van der Waals surface area (Å²) in [4.78, 5) is 0. The zero-order valence-electron chi connectivity index (χ0n) is 10.2. The first-order valence-corrected chi connectivity index (χ1v) is 8.13. The summed E-state index contributed by atoms with van der Waals surface area (Å²) < 4.78 is 25.4. The molecule has 1 fully saturated rings. The molecule has 0 atom stereocenters. The summed E-state index contributed by atoms with van der Waals surface area (Å²) in [5.74, 6) is 1.34. The lowest BCUT2D eigenvalue weighted by atomic mass is 9.87. The molecule has 0 amide bonds. The predicted molar refractivity (Wildman–Crippen MR) is 68.3 cm³/mol. The third-order valence-electron chi connectivity index (χ3n) is 3.47. The minimum absolute atomic E-state index is 0.180. The lowest BCUT2D eigenvalue weighted by molar-refractivity contribution is 0.246. The molecule has 96 valence electrons. The van der Waals surface area contributed by atoms with Gasteiger partial charge in [-0.3, -0.25) is 0 Å². The van der Waals surface area contributed by atoms with Crippen molar-refractivity contribution in [3.63, 3.8) is 0 Å². The second-order valence-electron chi connectivity index (χ2n) is 4.79. The van der Waals surface area contributed by atoms with Gasteiger partial charge >= 0.3 is 0 Å². The number of hydrogen-bond acceptors (Lipinski definition) is 2. The Hall–Kier alpha value is 0.200. The molecule has 3 nitrogen and oxygen atoms in total. The molecule has 0 unspecified atom stereocenters. The van der Waals surface area contributed by atoms with E-state index in [1.807, 2.05) is 0 Å². The lowest BCUT2D eigenvalue weighted by Crippen LogP contribution is -2.40. The van der Waals surface area contributed by atoms with Crippen LogP contribution in [0.3, 0.4) is 0 Å². The fourth-order valence-electron chi connectivity index (χ4n) is 2.21. The number of rotatable bonds is 5. The highest BCUT2D eigenvalue weighted by molar-refractivity contribution is 7.89. The van der Waals surface area contributed by atoms with E-state index in [9.17, 15) is 8.42 Å². The van der Waals surface area contributed by atoms with Crippen LogP contribution in [0.25, 0.3) is 0 Å². The molecule has 1 saturated carbocycles. The van der Waals surface area contributed by atoms with E-state index in [1.54, 1.807) is 11.4 Å². The summed E-state index contributed by atoms with van der Waals surface area (Å²) >= 11 is 5.53. The maximum atomic E-state index is 11.9. The van der Waals surface area contributed by atoms with E-state index in [0.29, 0.717) is 12.3 Å². The fraction of sp³-hybridized carbons (Fsp3) is 1.00. The van der Waals surface area contributed by atoms with Crippen molar-refractivity contribution in [2.24, 2.45) is 5.92 Å². The average molecular weight is 268 g/mol. The van der Waals surface area contributed by atoms with Gasteiger partial charge in [0.1, 0.15) is 0 Å². The third kappa shape index (κ3) is 3.90. The summed E-state index contributed by atoms with van der Waals surface area (Å²) in [6, 6.07) is 0.205. The Morgan fingerprint density at radius 1 is 1.25 bits per heavy atom. The molecule has 0 aromatic heterocycles. The molecular formula is C11H22ClNO2S. The van der Waals surface area contributed by atoms with Crippen LogP contribution >= 0.6 is 11.6 Å². The topological polar surface area (TPSA) is 37.4 Å². The predicted octanol–water partition coefficient (Wildman–Crippen LogP) is 2.46. The van der Waals surface area contributed by atoms with Crippen molar-refractivity contribution in [1.29, 1.82) is 0 Å². The molecule has 5 heteroatoms. The van der Waals surface area contributed by atoms with Crippen LogP contribution in [0.2, 0.25) is 0 Å². The molecule has 16 heavy (non-hydrogen) atoms. The quantitative estimate of drug-likeness (QED) is 0.718. The van der Waals surface area contributed by atoms with Crippen molar-refractivity contribution in [2.45, 2.75) is 45.1 Å². The van der Waals surface area contributed by atoms with E-state index >= 15 is 0 Å². The van der Waals surface area contributed by atoms with Crippen LogP contribution in [0.5, 0.6) is 0 Å². The van der Waals surface area contributed by atoms with E-state index < -0.39 is 10.0 Å². The Labute approximate surface area is 104 Å². The van der Waals surface area contributed by atoms with Gasteiger partial charge in [-0.25, -0.2) is 12.7 Å². The van der Waals surface area contributed by atoms with Crippen molar-refractivity contribution in [2.75, 3.05) is 18.7 Å². The second-order valence-corrected chi connectivity index (χ2v) is 7.31. The minimum atomic E-state index is -3.09. The molecule has 0 spiro atoms. The van der Waals surface area contributed by atoms with Crippen LogP contribution in [-0.2, 0) is 10.0 Å². The molecule has 0 heterocycles. The van der Waals surface area contributed by atoms with Gasteiger partial charge < -0.3 is 0 Å². The Balaban J connectivity index is 2.52. The number of hydrogen-bond donors (Lipinski definition) is 0. The summed E-state index contributed by atoms with van der Waals surface area (Å²) in [6.07, 6.45) is 4.81. The van der Waals surface area contributed by atoms with Crippen LogP contribution in [0.1, 0.15) is 39.0 Å². The van der Waals surface area contributed by atoms with Crippen molar-refractivity contribution < 1.29 is 8.42 Å². The molecule has 0 aromatic carbocycles. The van der Waals surface area contributed by atoms with Gasteiger partial charge in [0.2, 0.25) is 10.0 Å². The molecule has 0 aromatic rings. The highest BCUT2D eigenvalue weighted by Crippen LogP contribution is 2.27. The highest BCUT2D eigenvalue weighted by atomic mass is 35.5. The van der Waals surface area contributed by atoms with Crippen molar-refractivity contribution in [1.82, 2.24) is 4.31 Å². The molecule has 1 aliphatic rings. The van der Waals surface area contributed by atoms with E-state index in [1.165, 1.54) is 0 Å². The Morgan fingerprint density at radius 3 is 2.31 bits per heavy atom. The van der Waals surface area contributed by atoms with Gasteiger partial charge in [0.05, 0.1) is 5.75 Å². The number of alkyl halides is 1. The standard InChI is InChI=1S/C11H22ClNO2S/c1-10-4-6-11(7-5-10)13(2)16(14,15)9-3-8-12/h10-11H,3-9H2,1-2H3. The van der Waals surface area contributed by atoms with Crippen LogP contribution < -0.4 is 0 Å². The van der Waals surface area contributed by atoms with Gasteiger partial charge in [-0.1, -0.05) is 6.92 Å². The molecular weight excluding hydrogens is 246 g/mol. The van der Waals surface area contributed by atoms with Crippen LogP contribution in [0.4, 0.5) is 0 Å². The summed E-state index contributed by atoms with van der Waals surface area (Å²) in [5, 5.41) is 0. The van der Waals surface area contributed by atoms with E-state index in [4.69, 9.17) is 11.6 Å². The van der Waals surface area contributed by atoms with E-state index in [0.717, 1.165) is 31.6 Å². The zero-order chi connectivity index (χ0) is 12.2. The van der Waals surface area contributed by atoms with Gasteiger partial charge in [0.25, 0.3) is 0 Å². The van der Waals surface area contributed by atoms with Crippen molar-refractivity contribution in [3.8, 4) is 0 Å². The molecule has 0 saturated heterocycles. The summed E-state index contributed by atoms with van der Waals surface area (Å²) in [5.41, 5.74) is 0. The highest BCUT2D eigenvalue weighted by Gasteiger charge is 2.28. The number of nitrogens with zero attached hydrogens (tertiary/aromatic N) is 1. The molecule has 1 aliphatic carbocycles. The molecule has 0 aliphatic heterocycles. The first-order valence-electron chi connectivity index (χ1n) is 5.99. The minimum Gasteiger partial charge on any atom is -0.212 e. The normalized spacial score (nSPS) is 27.2. The van der Waals surface area contributed by atoms with E-state index in [2.05, 4.69) is 6.92 Å². The van der Waals surface area contributed by atoms with Gasteiger partial charge in [-0.05, 0) is 38.0 Å². The first-order chi connectivity index (χ1) is 7.47. The second kappa shape index (κ2) is 6.22. The SMILES string of the molecule is CC1CCC(N(C)S(=O)(=O)CCCCl)CC1. The molecule has 1 rings (SSSR count). The van der Waals surface area contributed by atoms with E-state index in [-0.39, 0.29) is 11.8 Å². The fourth-order valence-corrected chi connectivity index (χ4v) is 3.97. The average Bonchev–Trinajstić information content (AvgIpc) is 2.26. The first kappa shape index (κ1) is 14.3. The summed E-state index contributed by atoms with van der Waals surface area (Å²) in [6.45, 7) is 2.23. The monoisotopic (exact) mass is 267 g/mol. The molecule has 0 bridgehead atoms. The van der Waals surface area contributed by atoms with Gasteiger partial charge in [-0.2, -0.15) is 0 Å². The Bertz CT molecular complexity index is 297. The number of sulfonamides is 1. The Kier molecular flexibility index (Phi) is 5.54. The van der Waals surface area contributed by atoms with Gasteiger partial charge in [0.15, 0.2) is 0 Å². The smallest absolute Gasteiger partial charge is 0.212 e. The van der Waals surface area contributed by atoms with Gasteiger partial charge in [0, 0.05) is 19.0 Å². The summed E-state index contributed by atoms with van der Waals surface area (Å²) in [7, 11) is -1.38. The largest absolute Gasteiger partial charge is 0.214 e. The lowest BCUT2D eigenvalue weighted by Gasteiger charge is -2.32. The zero-order valence-corrected chi connectivity index (χ0v) is 11.7. The van der Waals surface area contributed by atoms with Crippen LogP contribution in [0.15, 0.2) is 0 Å². The third-order valence-corrected chi connectivity index (χ3v) is 5.72. The molecule has 0 radical (unpaired) electrons.